The van der Waals surface area contributed by atoms with Gasteiger partial charge < -0.3 is 9.64 Å². The maximum atomic E-state index is 13.8. The highest BCUT2D eigenvalue weighted by molar-refractivity contribution is 5.85. The van der Waals surface area contributed by atoms with E-state index in [0.717, 1.165) is 28.1 Å². The molecule has 6 nitrogen and oxygen atoms in total. The standard InChI is InChI=1S/C23H25FN4O2.ClH/c1-14(2)27(15(3)4)23(29)30-22-21-19-7-6-17(24)13-16(19)5-8-20(21)28(26-22)18-9-11-25-12-10-18;/h6-7,9-15H,5,8H2,1-4H3;1H. The van der Waals surface area contributed by atoms with Crippen LogP contribution in [0.2, 0.25) is 0 Å². The molecule has 2 aromatic heterocycles. The van der Waals surface area contributed by atoms with Crippen molar-refractivity contribution in [2.75, 3.05) is 0 Å². The van der Waals surface area contributed by atoms with E-state index in [-0.39, 0.29) is 36.2 Å². The third-order valence-corrected chi connectivity index (χ3v) is 5.33. The summed E-state index contributed by atoms with van der Waals surface area (Å²) in [6.07, 6.45) is 4.29. The van der Waals surface area contributed by atoms with E-state index in [9.17, 15) is 9.18 Å². The lowest BCUT2D eigenvalue weighted by molar-refractivity contribution is 0.121. The number of hydrogen-bond donors (Lipinski definition) is 0. The van der Waals surface area contributed by atoms with Crippen molar-refractivity contribution in [3.63, 3.8) is 0 Å². The van der Waals surface area contributed by atoms with Crippen molar-refractivity contribution in [3.8, 4) is 22.7 Å². The van der Waals surface area contributed by atoms with Crippen LogP contribution >= 0.6 is 12.4 Å². The van der Waals surface area contributed by atoms with Gasteiger partial charge in [0.05, 0.1) is 16.9 Å². The number of pyridine rings is 1. The summed E-state index contributed by atoms with van der Waals surface area (Å²) < 4.78 is 21.4. The lowest BCUT2D eigenvalue weighted by atomic mass is 9.89. The largest absolute Gasteiger partial charge is 0.417 e. The van der Waals surface area contributed by atoms with Gasteiger partial charge in [-0.05, 0) is 75.9 Å². The number of benzene rings is 1. The molecule has 1 amide bonds. The van der Waals surface area contributed by atoms with Crippen LogP contribution in [0.1, 0.15) is 39.0 Å². The number of fused-ring (bicyclic) bond motifs is 3. The summed E-state index contributed by atoms with van der Waals surface area (Å²) in [7, 11) is 0. The summed E-state index contributed by atoms with van der Waals surface area (Å²) in [5.41, 5.74) is 4.25. The summed E-state index contributed by atoms with van der Waals surface area (Å²) in [6, 6.07) is 8.39. The van der Waals surface area contributed by atoms with Crippen LogP contribution in [0.25, 0.3) is 16.8 Å². The van der Waals surface area contributed by atoms with E-state index in [1.54, 1.807) is 34.1 Å². The van der Waals surface area contributed by atoms with Gasteiger partial charge in [-0.1, -0.05) is 6.07 Å². The van der Waals surface area contributed by atoms with Gasteiger partial charge in [-0.2, -0.15) is 0 Å². The van der Waals surface area contributed by atoms with Crippen LogP contribution < -0.4 is 4.74 Å². The Hall–Kier alpha value is -2.93. The molecule has 4 rings (SSSR count). The molecule has 1 aliphatic rings. The number of ether oxygens (including phenoxy) is 1. The second kappa shape index (κ2) is 9.06. The zero-order chi connectivity index (χ0) is 21.4. The van der Waals surface area contributed by atoms with Crippen LogP contribution in [0.5, 0.6) is 5.88 Å². The zero-order valence-corrected chi connectivity index (χ0v) is 18.8. The summed E-state index contributed by atoms with van der Waals surface area (Å²) >= 11 is 0. The third kappa shape index (κ3) is 4.28. The van der Waals surface area contributed by atoms with Gasteiger partial charge in [-0.15, -0.1) is 17.5 Å². The van der Waals surface area contributed by atoms with Crippen molar-refractivity contribution in [1.29, 1.82) is 0 Å². The first-order valence-electron chi connectivity index (χ1n) is 10.2. The van der Waals surface area contributed by atoms with Crippen LogP contribution in [-0.2, 0) is 12.8 Å². The van der Waals surface area contributed by atoms with Gasteiger partial charge in [-0.25, -0.2) is 13.9 Å². The molecule has 0 unspecified atom stereocenters. The Balaban J connectivity index is 0.00000272. The molecule has 2 heterocycles. The van der Waals surface area contributed by atoms with E-state index in [2.05, 4.69) is 10.1 Å². The zero-order valence-electron chi connectivity index (χ0n) is 18.0. The molecule has 1 aromatic carbocycles. The molecule has 31 heavy (non-hydrogen) atoms. The lowest BCUT2D eigenvalue weighted by Gasteiger charge is -2.29. The fourth-order valence-electron chi connectivity index (χ4n) is 4.12. The van der Waals surface area contributed by atoms with Gasteiger partial charge in [0.25, 0.3) is 5.88 Å². The van der Waals surface area contributed by atoms with E-state index in [0.29, 0.717) is 12.8 Å². The van der Waals surface area contributed by atoms with Gasteiger partial charge in [0.2, 0.25) is 0 Å². The average molecular weight is 445 g/mol. The molecule has 0 radical (unpaired) electrons. The summed E-state index contributed by atoms with van der Waals surface area (Å²) in [4.78, 5) is 18.7. The number of rotatable bonds is 4. The van der Waals surface area contributed by atoms with E-state index in [1.165, 1.54) is 6.07 Å². The Morgan fingerprint density at radius 1 is 1.10 bits per heavy atom. The van der Waals surface area contributed by atoms with Gasteiger partial charge >= 0.3 is 6.09 Å². The Bertz CT molecular complexity index is 1070. The first kappa shape index (κ1) is 22.7. The predicted molar refractivity (Wildman–Crippen MR) is 120 cm³/mol. The number of nitrogens with zero attached hydrogens (tertiary/aromatic N) is 4. The Morgan fingerprint density at radius 3 is 2.42 bits per heavy atom. The Labute approximate surface area is 187 Å². The highest BCUT2D eigenvalue weighted by atomic mass is 35.5. The molecule has 0 aliphatic heterocycles. The van der Waals surface area contributed by atoms with E-state index < -0.39 is 6.09 Å². The van der Waals surface area contributed by atoms with Crippen molar-refractivity contribution in [2.45, 2.75) is 52.6 Å². The third-order valence-electron chi connectivity index (χ3n) is 5.33. The van der Waals surface area contributed by atoms with Crippen molar-refractivity contribution >= 4 is 18.5 Å². The number of amides is 1. The van der Waals surface area contributed by atoms with Gasteiger partial charge in [0, 0.05) is 24.5 Å². The highest BCUT2D eigenvalue weighted by Gasteiger charge is 2.30. The number of halogens is 2. The summed E-state index contributed by atoms with van der Waals surface area (Å²) in [5, 5.41) is 4.65. The van der Waals surface area contributed by atoms with Crippen LogP contribution in [-0.4, -0.2) is 37.8 Å². The first-order chi connectivity index (χ1) is 14.4. The highest BCUT2D eigenvalue weighted by Crippen LogP contribution is 2.41. The maximum Gasteiger partial charge on any atom is 0.417 e. The molecule has 3 aromatic rings. The van der Waals surface area contributed by atoms with Crippen molar-refractivity contribution in [1.82, 2.24) is 19.7 Å². The number of aromatic nitrogens is 3. The fourth-order valence-corrected chi connectivity index (χ4v) is 4.12. The Kier molecular flexibility index (Phi) is 6.65. The van der Waals surface area contributed by atoms with Crippen molar-refractivity contribution in [3.05, 3.63) is 59.8 Å². The van der Waals surface area contributed by atoms with Crippen molar-refractivity contribution < 1.29 is 13.9 Å². The first-order valence-corrected chi connectivity index (χ1v) is 10.2. The van der Waals surface area contributed by atoms with Crippen LogP contribution in [0.3, 0.4) is 0 Å². The molecule has 0 atom stereocenters. The molecule has 0 fully saturated rings. The van der Waals surface area contributed by atoms with E-state index in [1.807, 2.05) is 39.8 Å². The molecule has 0 N–H and O–H groups in total. The SMILES string of the molecule is CC(C)N(C(=O)Oc1nn(-c2ccncc2)c2c1-c1ccc(F)cc1CC2)C(C)C.Cl. The number of carbonyl (C=O) groups is 1. The minimum Gasteiger partial charge on any atom is -0.389 e. The van der Waals surface area contributed by atoms with Crippen LogP contribution in [0.15, 0.2) is 42.7 Å². The van der Waals surface area contributed by atoms with Gasteiger partial charge in [0.1, 0.15) is 5.82 Å². The average Bonchev–Trinajstić information content (AvgIpc) is 3.06. The molecule has 0 saturated heterocycles. The predicted octanol–water partition coefficient (Wildman–Crippen LogP) is 5.21. The number of hydrogen-bond acceptors (Lipinski definition) is 4. The monoisotopic (exact) mass is 444 g/mol. The topological polar surface area (TPSA) is 60.3 Å². The molecular formula is C23H26ClFN4O2. The summed E-state index contributed by atoms with van der Waals surface area (Å²) in [6.45, 7) is 7.80. The van der Waals surface area contributed by atoms with Gasteiger partial charge in [-0.3, -0.25) is 4.98 Å². The number of aryl methyl sites for hydroxylation is 1. The second-order valence-corrected chi connectivity index (χ2v) is 8.01. The van der Waals surface area contributed by atoms with E-state index >= 15 is 0 Å². The number of carbonyl (C=O) groups excluding carboxylic acids is 1. The van der Waals surface area contributed by atoms with E-state index in [4.69, 9.17) is 4.74 Å². The maximum absolute atomic E-state index is 13.8. The van der Waals surface area contributed by atoms with Crippen LogP contribution in [0, 0.1) is 5.82 Å². The minimum absolute atomic E-state index is 0. The normalized spacial score (nSPS) is 12.2. The van der Waals surface area contributed by atoms with Gasteiger partial charge in [0.15, 0.2) is 0 Å². The molecule has 0 saturated carbocycles. The Morgan fingerprint density at radius 2 is 1.77 bits per heavy atom. The molecule has 164 valence electrons. The molecule has 8 heteroatoms. The van der Waals surface area contributed by atoms with Crippen LogP contribution in [0.4, 0.5) is 9.18 Å². The fraction of sp³-hybridized carbons (Fsp3) is 0.348. The minimum atomic E-state index is -0.448. The molecule has 0 spiro atoms. The molecule has 1 aliphatic carbocycles. The molecular weight excluding hydrogens is 419 g/mol. The second-order valence-electron chi connectivity index (χ2n) is 8.01. The van der Waals surface area contributed by atoms with Crippen molar-refractivity contribution in [2.24, 2.45) is 0 Å². The smallest absolute Gasteiger partial charge is 0.389 e. The summed E-state index contributed by atoms with van der Waals surface area (Å²) in [5.74, 6) is -0.0336. The quantitative estimate of drug-likeness (QED) is 0.554. The molecule has 0 bridgehead atoms. The lowest BCUT2D eigenvalue weighted by Crippen LogP contribution is -2.43.